The molecule has 0 radical (unpaired) electrons. The van der Waals surface area contributed by atoms with Gasteiger partial charge in [0.25, 0.3) is 0 Å². The molecule has 106 valence electrons. The Kier molecular flexibility index (Phi) is 6.53. The quantitative estimate of drug-likeness (QED) is 0.758. The lowest BCUT2D eigenvalue weighted by Crippen LogP contribution is -2.40. The van der Waals surface area contributed by atoms with E-state index in [2.05, 4.69) is 5.32 Å². The fourth-order valence-corrected chi connectivity index (χ4v) is 1.91. The Morgan fingerprint density at radius 1 is 1.32 bits per heavy atom. The minimum Gasteiger partial charge on any atom is -0.480 e. The highest BCUT2D eigenvalue weighted by Gasteiger charge is 2.20. The van der Waals surface area contributed by atoms with Gasteiger partial charge in [-0.25, -0.2) is 0 Å². The molecule has 0 aliphatic heterocycles. The summed E-state index contributed by atoms with van der Waals surface area (Å²) in [5, 5.41) is 12.2. The van der Waals surface area contributed by atoms with Crippen molar-refractivity contribution in [3.63, 3.8) is 0 Å². The summed E-state index contributed by atoms with van der Waals surface area (Å²) in [6, 6.07) is 7.41. The number of carboxylic acid groups (broad SMARTS) is 1. The van der Waals surface area contributed by atoms with Crippen LogP contribution in [0.4, 0.5) is 0 Å². The number of nitrogens with one attached hydrogen (secondary N) is 1. The van der Waals surface area contributed by atoms with Gasteiger partial charge in [-0.05, 0) is 24.0 Å². The predicted molar refractivity (Wildman–Crippen MR) is 74.9 cm³/mol. The van der Waals surface area contributed by atoms with E-state index in [0.717, 1.165) is 11.1 Å². The summed E-state index contributed by atoms with van der Waals surface area (Å²) >= 11 is 0. The van der Waals surface area contributed by atoms with Crippen LogP contribution in [0, 0.1) is 5.92 Å². The second-order valence-corrected chi connectivity index (χ2v) is 4.85. The molecule has 0 aliphatic carbocycles. The predicted octanol–water partition coefficient (Wildman–Crippen LogP) is 2.42. The molecule has 1 rings (SSSR count). The van der Waals surface area contributed by atoms with Crippen molar-refractivity contribution in [2.24, 2.45) is 5.92 Å². The van der Waals surface area contributed by atoms with Gasteiger partial charge in [-0.15, -0.1) is 0 Å². The Morgan fingerprint density at radius 2 is 1.95 bits per heavy atom. The minimum absolute atomic E-state index is 0.0524. The molecule has 0 spiro atoms. The highest BCUT2D eigenvalue weighted by atomic mass is 16.5. The van der Waals surface area contributed by atoms with Crippen LogP contribution in [0.2, 0.25) is 0 Å². The van der Waals surface area contributed by atoms with E-state index in [1.165, 1.54) is 0 Å². The van der Waals surface area contributed by atoms with Crippen LogP contribution in [0.25, 0.3) is 0 Å². The molecule has 0 fully saturated rings. The molecule has 1 unspecified atom stereocenters. The van der Waals surface area contributed by atoms with Crippen LogP contribution in [-0.4, -0.2) is 23.7 Å². The van der Waals surface area contributed by atoms with Gasteiger partial charge in [-0.2, -0.15) is 0 Å². The van der Waals surface area contributed by atoms with Crippen molar-refractivity contribution < 1.29 is 14.6 Å². The molecule has 4 heteroatoms. The third-order valence-electron chi connectivity index (χ3n) is 3.03. The molecule has 19 heavy (non-hydrogen) atoms. The normalized spacial score (nSPS) is 12.6. The summed E-state index contributed by atoms with van der Waals surface area (Å²) in [6.45, 7) is 7.54. The van der Waals surface area contributed by atoms with E-state index in [0.29, 0.717) is 19.8 Å². The summed E-state index contributed by atoms with van der Waals surface area (Å²) in [4.78, 5) is 11.1. The lowest BCUT2D eigenvalue weighted by molar-refractivity contribution is -0.140. The number of rotatable bonds is 8. The topological polar surface area (TPSA) is 58.6 Å². The van der Waals surface area contributed by atoms with Crippen LogP contribution in [-0.2, 0) is 22.7 Å². The van der Waals surface area contributed by atoms with E-state index < -0.39 is 12.0 Å². The monoisotopic (exact) mass is 265 g/mol. The Morgan fingerprint density at radius 3 is 2.47 bits per heavy atom. The first-order valence-corrected chi connectivity index (χ1v) is 6.67. The minimum atomic E-state index is -0.808. The van der Waals surface area contributed by atoms with Crippen LogP contribution >= 0.6 is 0 Å². The standard InChI is InChI=1S/C15H23NO3/c1-4-19-10-13-8-6-5-7-12(13)9-16-14(11(2)3)15(17)18/h5-8,11,14,16H,4,9-10H2,1-3H3,(H,17,18). The van der Waals surface area contributed by atoms with Gasteiger partial charge in [0.2, 0.25) is 0 Å². The molecule has 0 amide bonds. The molecular weight excluding hydrogens is 242 g/mol. The zero-order chi connectivity index (χ0) is 14.3. The van der Waals surface area contributed by atoms with Crippen LogP contribution in [0.5, 0.6) is 0 Å². The summed E-state index contributed by atoms with van der Waals surface area (Å²) in [6.07, 6.45) is 0. The van der Waals surface area contributed by atoms with Gasteiger partial charge in [0, 0.05) is 13.2 Å². The zero-order valence-electron chi connectivity index (χ0n) is 11.8. The van der Waals surface area contributed by atoms with Gasteiger partial charge >= 0.3 is 5.97 Å². The number of ether oxygens (including phenoxy) is 1. The van der Waals surface area contributed by atoms with Crippen molar-refractivity contribution in [3.05, 3.63) is 35.4 Å². The largest absolute Gasteiger partial charge is 0.480 e. The number of carboxylic acids is 1. The number of carbonyl (C=O) groups is 1. The zero-order valence-corrected chi connectivity index (χ0v) is 11.8. The van der Waals surface area contributed by atoms with Gasteiger partial charge in [0.05, 0.1) is 6.61 Å². The second kappa shape index (κ2) is 7.92. The van der Waals surface area contributed by atoms with E-state index in [1.54, 1.807) is 0 Å². The van der Waals surface area contributed by atoms with Gasteiger partial charge in [-0.1, -0.05) is 38.1 Å². The van der Waals surface area contributed by atoms with Gasteiger partial charge in [0.15, 0.2) is 0 Å². The highest BCUT2D eigenvalue weighted by molar-refractivity contribution is 5.73. The molecule has 0 aromatic heterocycles. The highest BCUT2D eigenvalue weighted by Crippen LogP contribution is 2.11. The molecule has 1 aromatic carbocycles. The maximum Gasteiger partial charge on any atom is 0.320 e. The molecule has 0 heterocycles. The van der Waals surface area contributed by atoms with E-state index in [4.69, 9.17) is 9.84 Å². The SMILES string of the molecule is CCOCc1ccccc1CNC(C(=O)O)C(C)C. The fourth-order valence-electron chi connectivity index (χ4n) is 1.91. The van der Waals surface area contributed by atoms with Crippen molar-refractivity contribution in [2.75, 3.05) is 6.61 Å². The van der Waals surface area contributed by atoms with Crippen molar-refractivity contribution in [1.82, 2.24) is 5.32 Å². The van der Waals surface area contributed by atoms with E-state index in [9.17, 15) is 4.79 Å². The first-order chi connectivity index (χ1) is 9.06. The fraction of sp³-hybridized carbons (Fsp3) is 0.533. The molecule has 4 nitrogen and oxygen atoms in total. The number of hydrogen-bond donors (Lipinski definition) is 2. The van der Waals surface area contributed by atoms with Crippen LogP contribution < -0.4 is 5.32 Å². The molecule has 0 aliphatic rings. The molecule has 0 bridgehead atoms. The van der Waals surface area contributed by atoms with Crippen molar-refractivity contribution >= 4 is 5.97 Å². The third kappa shape index (κ3) is 5.01. The molecule has 0 saturated carbocycles. The van der Waals surface area contributed by atoms with Crippen molar-refractivity contribution in [1.29, 1.82) is 0 Å². The first kappa shape index (κ1) is 15.7. The molecule has 1 aromatic rings. The molecular formula is C15H23NO3. The van der Waals surface area contributed by atoms with Gasteiger partial charge in [-0.3, -0.25) is 4.79 Å². The Balaban J connectivity index is 2.68. The lowest BCUT2D eigenvalue weighted by Gasteiger charge is -2.19. The van der Waals surface area contributed by atoms with E-state index in [-0.39, 0.29) is 5.92 Å². The smallest absolute Gasteiger partial charge is 0.320 e. The van der Waals surface area contributed by atoms with Crippen molar-refractivity contribution in [2.45, 2.75) is 40.0 Å². The summed E-state index contributed by atoms with van der Waals surface area (Å²) in [7, 11) is 0. The van der Waals surface area contributed by atoms with Crippen LogP contribution in [0.15, 0.2) is 24.3 Å². The van der Waals surface area contributed by atoms with Crippen LogP contribution in [0.1, 0.15) is 31.9 Å². The summed E-state index contributed by atoms with van der Waals surface area (Å²) in [5.74, 6) is -0.756. The number of aliphatic carboxylic acids is 1. The lowest BCUT2D eigenvalue weighted by atomic mass is 10.0. The van der Waals surface area contributed by atoms with Crippen molar-refractivity contribution in [3.8, 4) is 0 Å². The summed E-state index contributed by atoms with van der Waals surface area (Å²) < 4.78 is 5.42. The Labute approximate surface area is 114 Å². The second-order valence-electron chi connectivity index (χ2n) is 4.85. The average Bonchev–Trinajstić information content (AvgIpc) is 2.37. The van der Waals surface area contributed by atoms with Crippen LogP contribution in [0.3, 0.4) is 0 Å². The maximum absolute atomic E-state index is 11.1. The molecule has 1 atom stereocenters. The average molecular weight is 265 g/mol. The maximum atomic E-state index is 11.1. The summed E-state index contributed by atoms with van der Waals surface area (Å²) in [5.41, 5.74) is 2.19. The number of benzene rings is 1. The first-order valence-electron chi connectivity index (χ1n) is 6.67. The molecule has 2 N–H and O–H groups in total. The number of hydrogen-bond acceptors (Lipinski definition) is 3. The third-order valence-corrected chi connectivity index (χ3v) is 3.03. The van der Waals surface area contributed by atoms with E-state index in [1.807, 2.05) is 45.0 Å². The Hall–Kier alpha value is -1.39. The van der Waals surface area contributed by atoms with Gasteiger partial charge in [0.1, 0.15) is 6.04 Å². The molecule has 0 saturated heterocycles. The van der Waals surface area contributed by atoms with Gasteiger partial charge < -0.3 is 15.2 Å². The Bertz CT molecular complexity index is 404. The van der Waals surface area contributed by atoms with E-state index >= 15 is 0 Å².